The van der Waals surface area contributed by atoms with E-state index in [4.69, 9.17) is 0 Å². The van der Waals surface area contributed by atoms with E-state index in [0.717, 1.165) is 24.3 Å². The minimum atomic E-state index is -4.86. The molecule has 0 aliphatic rings. The van der Waals surface area contributed by atoms with Crippen LogP contribution in [0.1, 0.15) is 0 Å². The van der Waals surface area contributed by atoms with Crippen molar-refractivity contribution in [3.8, 4) is 0 Å². The van der Waals surface area contributed by atoms with E-state index >= 15 is 0 Å². The van der Waals surface area contributed by atoms with Gasteiger partial charge in [0.2, 0.25) is 0 Å². The van der Waals surface area contributed by atoms with Gasteiger partial charge in [0, 0.05) is 7.05 Å². The molecule has 8 nitrogen and oxygen atoms in total. The van der Waals surface area contributed by atoms with Crippen molar-refractivity contribution in [3.63, 3.8) is 0 Å². The van der Waals surface area contributed by atoms with Crippen molar-refractivity contribution in [1.82, 2.24) is 14.8 Å². The number of nitrogens with zero attached hydrogens (tertiary/aromatic N) is 3. The lowest BCUT2D eigenvalue weighted by molar-refractivity contribution is 0.551. The molecule has 1 aromatic carbocycles. The normalized spacial score (nSPS) is 12.3. The van der Waals surface area contributed by atoms with Crippen LogP contribution in [0, 0.1) is 0 Å². The molecule has 0 saturated carbocycles. The van der Waals surface area contributed by atoms with Crippen LogP contribution < -0.4 is 4.72 Å². The molecule has 2 rings (SSSR count). The van der Waals surface area contributed by atoms with Crippen molar-refractivity contribution >= 4 is 26.2 Å². The van der Waals surface area contributed by atoms with E-state index in [9.17, 15) is 20.7 Å². The Morgan fingerprint density at radius 2 is 1.65 bits per heavy atom. The molecule has 1 aromatic heterocycles. The summed E-state index contributed by atoms with van der Waals surface area (Å²) in [5.41, 5.74) is 0. The fraction of sp³-hybridized carbons (Fsp3) is 0.111. The van der Waals surface area contributed by atoms with Crippen molar-refractivity contribution in [3.05, 3.63) is 30.6 Å². The monoisotopic (exact) mass is 320 g/mol. The molecule has 0 bridgehead atoms. The van der Waals surface area contributed by atoms with Gasteiger partial charge in [-0.3, -0.25) is 4.68 Å². The van der Waals surface area contributed by atoms with Crippen LogP contribution in [0.4, 0.5) is 9.83 Å². The lowest BCUT2D eigenvalue weighted by Gasteiger charge is -2.04. The molecule has 1 heterocycles. The molecule has 1 N–H and O–H groups in total. The third kappa shape index (κ3) is 3.11. The molecule has 0 aliphatic heterocycles. The van der Waals surface area contributed by atoms with Gasteiger partial charge in [-0.25, -0.2) is 13.1 Å². The van der Waals surface area contributed by atoms with Crippen LogP contribution >= 0.6 is 0 Å². The first kappa shape index (κ1) is 14.4. The van der Waals surface area contributed by atoms with Gasteiger partial charge in [-0.2, -0.15) is 13.4 Å². The Kier molecular flexibility index (Phi) is 3.48. The Morgan fingerprint density at radius 3 is 2.10 bits per heavy atom. The number of nitrogens with one attached hydrogen (secondary N) is 1. The SMILES string of the molecule is Cn1cnc(NS(=O)(=O)c2ccc(S(=O)(=O)F)cc2)n1. The van der Waals surface area contributed by atoms with Crippen LogP contribution in [0.3, 0.4) is 0 Å². The van der Waals surface area contributed by atoms with E-state index < -0.39 is 25.1 Å². The summed E-state index contributed by atoms with van der Waals surface area (Å²) in [7, 11) is -7.27. The third-order valence-electron chi connectivity index (χ3n) is 2.24. The molecule has 0 unspecified atom stereocenters. The second kappa shape index (κ2) is 4.83. The zero-order valence-electron chi connectivity index (χ0n) is 10.1. The molecule has 11 heteroatoms. The van der Waals surface area contributed by atoms with Crippen LogP contribution in [-0.4, -0.2) is 31.6 Å². The highest BCUT2D eigenvalue weighted by Gasteiger charge is 2.18. The van der Waals surface area contributed by atoms with Crippen LogP contribution in [-0.2, 0) is 27.3 Å². The molecule has 0 atom stereocenters. The van der Waals surface area contributed by atoms with Crippen LogP contribution in [0.15, 0.2) is 40.4 Å². The van der Waals surface area contributed by atoms with Crippen LogP contribution in [0.2, 0.25) is 0 Å². The fourth-order valence-electron chi connectivity index (χ4n) is 1.35. The lowest BCUT2D eigenvalue weighted by atomic mass is 10.4. The average Bonchev–Trinajstić information content (AvgIpc) is 2.73. The van der Waals surface area contributed by atoms with Crippen molar-refractivity contribution in [2.45, 2.75) is 9.79 Å². The minimum absolute atomic E-state index is 0.130. The van der Waals surface area contributed by atoms with E-state index in [-0.39, 0.29) is 10.8 Å². The standard InChI is InChI=1S/C9H9FN4O4S2/c1-14-6-11-9(12-14)13-20(17,18)8-4-2-7(3-5-8)19(10,15)16/h2-6H,1H3,(H,12,13). The largest absolute Gasteiger partial charge is 0.332 e. The Balaban J connectivity index is 2.30. The maximum atomic E-state index is 12.7. The lowest BCUT2D eigenvalue weighted by Crippen LogP contribution is -2.14. The molecule has 0 amide bonds. The number of aromatic nitrogens is 3. The fourth-order valence-corrected chi connectivity index (χ4v) is 2.75. The Bertz CT molecular complexity index is 827. The Labute approximate surface area is 114 Å². The van der Waals surface area contributed by atoms with Gasteiger partial charge in [-0.05, 0) is 24.3 Å². The second-order valence-electron chi connectivity index (χ2n) is 3.76. The average molecular weight is 320 g/mol. The quantitative estimate of drug-likeness (QED) is 0.810. The molecule has 2 aromatic rings. The summed E-state index contributed by atoms with van der Waals surface area (Å²) in [4.78, 5) is 2.83. The summed E-state index contributed by atoms with van der Waals surface area (Å²) in [6, 6.07) is 3.65. The molecule has 20 heavy (non-hydrogen) atoms. The van der Waals surface area contributed by atoms with Gasteiger partial charge in [0.15, 0.2) is 0 Å². The zero-order chi connectivity index (χ0) is 15.0. The Hall–Kier alpha value is -2.01. The van der Waals surface area contributed by atoms with Crippen LogP contribution in [0.5, 0.6) is 0 Å². The molecular formula is C9H9FN4O4S2. The van der Waals surface area contributed by atoms with E-state index in [1.54, 1.807) is 7.05 Å². The number of rotatable bonds is 4. The first-order valence-corrected chi connectivity index (χ1v) is 7.98. The molecular weight excluding hydrogens is 311 g/mol. The number of halogens is 1. The molecule has 0 spiro atoms. The summed E-state index contributed by atoms with van der Waals surface area (Å²) in [6.45, 7) is 0. The van der Waals surface area contributed by atoms with Gasteiger partial charge in [-0.1, -0.05) is 0 Å². The summed E-state index contributed by atoms with van der Waals surface area (Å²) in [5.74, 6) is -0.130. The number of aryl methyl sites for hydroxylation is 1. The highest BCUT2D eigenvalue weighted by atomic mass is 32.3. The van der Waals surface area contributed by atoms with Crippen molar-refractivity contribution in [1.29, 1.82) is 0 Å². The first-order valence-electron chi connectivity index (χ1n) is 5.12. The number of benzene rings is 1. The van der Waals surface area contributed by atoms with E-state index in [0.29, 0.717) is 0 Å². The number of hydrogen-bond acceptors (Lipinski definition) is 6. The number of hydrogen-bond donors (Lipinski definition) is 1. The van der Waals surface area contributed by atoms with Gasteiger partial charge in [-0.15, -0.1) is 8.98 Å². The smallest absolute Gasteiger partial charge is 0.254 e. The van der Waals surface area contributed by atoms with Crippen molar-refractivity contribution in [2.75, 3.05) is 4.72 Å². The third-order valence-corrected chi connectivity index (χ3v) is 4.42. The van der Waals surface area contributed by atoms with Gasteiger partial charge in [0.1, 0.15) is 6.33 Å². The van der Waals surface area contributed by atoms with Gasteiger partial charge >= 0.3 is 10.2 Å². The first-order chi connectivity index (χ1) is 9.18. The molecule has 0 saturated heterocycles. The highest BCUT2D eigenvalue weighted by molar-refractivity contribution is 7.92. The van der Waals surface area contributed by atoms with Crippen molar-refractivity contribution in [2.24, 2.45) is 7.05 Å². The number of sulfonamides is 1. The molecule has 0 aliphatic carbocycles. The highest BCUT2D eigenvalue weighted by Crippen LogP contribution is 2.17. The molecule has 0 fully saturated rings. The molecule has 0 radical (unpaired) electrons. The van der Waals surface area contributed by atoms with E-state index in [1.165, 1.54) is 11.0 Å². The minimum Gasteiger partial charge on any atom is -0.254 e. The second-order valence-corrected chi connectivity index (χ2v) is 6.79. The maximum absolute atomic E-state index is 12.7. The van der Waals surface area contributed by atoms with E-state index in [2.05, 4.69) is 14.8 Å². The summed E-state index contributed by atoms with van der Waals surface area (Å²) >= 11 is 0. The predicted octanol–water partition coefficient (Wildman–Crippen LogP) is 0.274. The Morgan fingerprint density at radius 1 is 1.10 bits per heavy atom. The predicted molar refractivity (Wildman–Crippen MR) is 66.5 cm³/mol. The van der Waals surface area contributed by atoms with Gasteiger partial charge in [0.05, 0.1) is 9.79 Å². The van der Waals surface area contributed by atoms with Gasteiger partial charge < -0.3 is 0 Å². The van der Waals surface area contributed by atoms with Crippen molar-refractivity contribution < 1.29 is 20.7 Å². The summed E-state index contributed by atoms with van der Waals surface area (Å²) in [6.07, 6.45) is 1.30. The summed E-state index contributed by atoms with van der Waals surface area (Å²) < 4.78 is 61.2. The van der Waals surface area contributed by atoms with E-state index in [1.807, 2.05) is 0 Å². The summed E-state index contributed by atoms with van der Waals surface area (Å²) in [5, 5.41) is 3.74. The number of anilines is 1. The van der Waals surface area contributed by atoms with Crippen LogP contribution in [0.25, 0.3) is 0 Å². The van der Waals surface area contributed by atoms with Gasteiger partial charge in [0.25, 0.3) is 16.0 Å². The topological polar surface area (TPSA) is 111 Å². The zero-order valence-corrected chi connectivity index (χ0v) is 11.7. The molecule has 108 valence electrons. The maximum Gasteiger partial charge on any atom is 0.332 e.